The number of likely N-dealkylation sites (tertiary alicyclic amines) is 1. The fraction of sp³-hybridized carbons (Fsp3) is 0.324. The summed E-state index contributed by atoms with van der Waals surface area (Å²) in [5, 5.41) is 19.1. The minimum atomic E-state index is 0.164. The van der Waals surface area contributed by atoms with Gasteiger partial charge in [0.15, 0.2) is 0 Å². The number of nitriles is 1. The predicted octanol–water partition coefficient (Wildman–Crippen LogP) is 5.12. The van der Waals surface area contributed by atoms with Crippen molar-refractivity contribution in [3.05, 3.63) is 100.0 Å². The molecule has 2 aliphatic rings. The Hall–Kier alpha value is -4.45. The van der Waals surface area contributed by atoms with E-state index in [-0.39, 0.29) is 12.6 Å². The molecule has 8 heteroatoms. The molecular formula is C34H35N5O3. The number of hydrogen-bond acceptors (Lipinski definition) is 8. The number of ether oxygens (including phenoxy) is 2. The van der Waals surface area contributed by atoms with Gasteiger partial charge in [-0.05, 0) is 78.6 Å². The minimum absolute atomic E-state index is 0.164. The topological polar surface area (TPSA) is 118 Å². The molecule has 2 aromatic heterocycles. The molecule has 4 aromatic rings. The summed E-state index contributed by atoms with van der Waals surface area (Å²) in [6.07, 6.45) is 9.10. The van der Waals surface area contributed by atoms with Crippen molar-refractivity contribution in [3.8, 4) is 28.7 Å². The van der Waals surface area contributed by atoms with Crippen molar-refractivity contribution >= 4 is 5.82 Å². The van der Waals surface area contributed by atoms with E-state index in [1.54, 1.807) is 24.7 Å². The second kappa shape index (κ2) is 12.2. The first-order valence-corrected chi connectivity index (χ1v) is 14.5. The summed E-state index contributed by atoms with van der Waals surface area (Å²) < 4.78 is 13.0. The van der Waals surface area contributed by atoms with E-state index >= 15 is 0 Å². The molecule has 1 aliphatic carbocycles. The quantitative estimate of drug-likeness (QED) is 0.274. The highest BCUT2D eigenvalue weighted by Gasteiger charge is 2.31. The van der Waals surface area contributed by atoms with Gasteiger partial charge in [-0.3, -0.25) is 9.88 Å². The van der Waals surface area contributed by atoms with Gasteiger partial charge in [0, 0.05) is 60.5 Å². The summed E-state index contributed by atoms with van der Waals surface area (Å²) in [6, 6.07) is 16.2. The van der Waals surface area contributed by atoms with Crippen molar-refractivity contribution < 1.29 is 14.6 Å². The van der Waals surface area contributed by atoms with Crippen LogP contribution >= 0.6 is 0 Å². The Morgan fingerprint density at radius 2 is 1.90 bits per heavy atom. The van der Waals surface area contributed by atoms with Gasteiger partial charge < -0.3 is 20.3 Å². The molecule has 0 spiro atoms. The Bertz CT molecular complexity index is 1630. The van der Waals surface area contributed by atoms with Crippen molar-refractivity contribution in [3.63, 3.8) is 0 Å². The highest BCUT2D eigenvalue weighted by molar-refractivity contribution is 5.68. The number of anilines is 1. The average molecular weight is 562 g/mol. The van der Waals surface area contributed by atoms with Crippen molar-refractivity contribution in [2.45, 2.75) is 58.4 Å². The van der Waals surface area contributed by atoms with E-state index in [4.69, 9.17) is 15.2 Å². The molecule has 0 amide bonds. The van der Waals surface area contributed by atoms with Crippen LogP contribution in [0.1, 0.15) is 51.8 Å². The zero-order valence-corrected chi connectivity index (χ0v) is 23.8. The maximum atomic E-state index is 9.81. The van der Waals surface area contributed by atoms with Crippen LogP contribution < -0.4 is 15.2 Å². The first-order chi connectivity index (χ1) is 20.5. The van der Waals surface area contributed by atoms with Crippen LogP contribution in [0.4, 0.5) is 5.82 Å². The van der Waals surface area contributed by atoms with Crippen molar-refractivity contribution in [1.29, 1.82) is 5.26 Å². The second-order valence-electron chi connectivity index (χ2n) is 11.1. The average Bonchev–Trinajstić information content (AvgIpc) is 3.49. The lowest BCUT2D eigenvalue weighted by molar-refractivity contribution is 0.0346. The monoisotopic (exact) mass is 561 g/mol. The maximum Gasteiger partial charge on any atom is 0.128 e. The van der Waals surface area contributed by atoms with Gasteiger partial charge in [-0.15, -0.1) is 0 Å². The molecule has 0 bridgehead atoms. The number of aliphatic hydroxyl groups is 1. The molecule has 8 nitrogen and oxygen atoms in total. The third-order valence-corrected chi connectivity index (χ3v) is 8.52. The Labute approximate surface area is 246 Å². The van der Waals surface area contributed by atoms with Crippen LogP contribution in [-0.4, -0.2) is 39.2 Å². The zero-order valence-electron chi connectivity index (χ0n) is 23.8. The van der Waals surface area contributed by atoms with Gasteiger partial charge in [0.1, 0.15) is 36.6 Å². The summed E-state index contributed by atoms with van der Waals surface area (Å²) >= 11 is 0. The summed E-state index contributed by atoms with van der Waals surface area (Å²) in [5.41, 5.74) is 15.2. The Kier molecular flexibility index (Phi) is 8.04. The van der Waals surface area contributed by atoms with E-state index in [0.717, 1.165) is 78.1 Å². The lowest BCUT2D eigenvalue weighted by atomic mass is 9.96. The Morgan fingerprint density at radius 1 is 1.05 bits per heavy atom. The zero-order chi connectivity index (χ0) is 29.1. The summed E-state index contributed by atoms with van der Waals surface area (Å²) in [5.74, 6) is 2.14. The molecule has 6 rings (SSSR count). The predicted molar refractivity (Wildman–Crippen MR) is 161 cm³/mol. The van der Waals surface area contributed by atoms with Crippen LogP contribution in [0.5, 0.6) is 11.5 Å². The minimum Gasteiger partial charge on any atom is -0.488 e. The molecule has 0 saturated carbocycles. The van der Waals surface area contributed by atoms with E-state index in [9.17, 15) is 10.4 Å². The molecule has 1 unspecified atom stereocenters. The molecule has 1 fully saturated rings. The van der Waals surface area contributed by atoms with Gasteiger partial charge >= 0.3 is 0 Å². The fourth-order valence-electron chi connectivity index (χ4n) is 6.00. The second-order valence-corrected chi connectivity index (χ2v) is 11.1. The molecule has 1 saturated heterocycles. The van der Waals surface area contributed by atoms with Crippen LogP contribution in [0.2, 0.25) is 0 Å². The molecule has 42 heavy (non-hydrogen) atoms. The lowest BCUT2D eigenvalue weighted by Gasteiger charge is -2.40. The van der Waals surface area contributed by atoms with Crippen LogP contribution in [0.25, 0.3) is 11.1 Å². The third kappa shape index (κ3) is 5.67. The highest BCUT2D eigenvalue weighted by Crippen LogP contribution is 2.41. The molecule has 214 valence electrons. The number of nitrogens with zero attached hydrogens (tertiary/aromatic N) is 4. The highest BCUT2D eigenvalue weighted by atomic mass is 16.5. The Morgan fingerprint density at radius 3 is 2.67 bits per heavy atom. The SMILES string of the molecule is Cc1c(COc2cc(OCc3cncc(C#N)c3)c(CN3CCC3CO)c3c2CCC3)cccc1-c1ccc(N)nc1. The van der Waals surface area contributed by atoms with Gasteiger partial charge in [0.25, 0.3) is 0 Å². The number of hydrogen-bond donors (Lipinski definition) is 2. The summed E-state index contributed by atoms with van der Waals surface area (Å²) in [6.45, 7) is 4.70. The van der Waals surface area contributed by atoms with Gasteiger partial charge in [0.2, 0.25) is 0 Å². The molecule has 2 aromatic carbocycles. The number of rotatable bonds is 10. The van der Waals surface area contributed by atoms with Gasteiger partial charge in [-0.2, -0.15) is 5.26 Å². The van der Waals surface area contributed by atoms with E-state index < -0.39 is 0 Å². The van der Waals surface area contributed by atoms with E-state index in [1.165, 1.54) is 16.7 Å². The van der Waals surface area contributed by atoms with Gasteiger partial charge in [-0.25, -0.2) is 4.98 Å². The van der Waals surface area contributed by atoms with Gasteiger partial charge in [0.05, 0.1) is 12.2 Å². The fourth-order valence-corrected chi connectivity index (χ4v) is 6.00. The number of pyridine rings is 2. The molecule has 0 radical (unpaired) electrons. The van der Waals surface area contributed by atoms with Gasteiger partial charge in [-0.1, -0.05) is 18.2 Å². The lowest BCUT2D eigenvalue weighted by Crippen LogP contribution is -2.49. The number of fused-ring (bicyclic) bond motifs is 1. The number of nitrogens with two attached hydrogens (primary N) is 1. The number of nitrogen functional groups attached to an aromatic ring is 1. The molecule has 1 atom stereocenters. The number of aliphatic hydroxyl groups excluding tert-OH is 1. The van der Waals surface area contributed by atoms with Crippen molar-refractivity contribution in [2.24, 2.45) is 0 Å². The normalized spacial score (nSPS) is 16.0. The first kappa shape index (κ1) is 27.7. The molecule has 3 N–H and O–H groups in total. The van der Waals surface area contributed by atoms with E-state index in [0.29, 0.717) is 24.6 Å². The summed E-state index contributed by atoms with van der Waals surface area (Å²) in [4.78, 5) is 10.8. The van der Waals surface area contributed by atoms with E-state index in [2.05, 4.69) is 40.0 Å². The standard InChI is InChI=1S/C34H35N5O3/c1-22-26(4-2-5-28(22)25-8-9-34(36)38-17-25)21-42-32-13-33(41-20-24-12-23(14-35)15-37-16-24)31(29-6-3-7-30(29)32)18-39-11-10-27(39)19-40/h2,4-5,8-9,12-13,15-17,27,40H,3,6-7,10-11,18-21H2,1H3,(H2,36,38). The largest absolute Gasteiger partial charge is 0.488 e. The maximum absolute atomic E-state index is 9.81. The van der Waals surface area contributed by atoms with E-state index in [1.807, 2.05) is 24.3 Å². The van der Waals surface area contributed by atoms with Crippen LogP contribution in [0, 0.1) is 18.3 Å². The third-order valence-electron chi connectivity index (χ3n) is 8.52. The van der Waals surface area contributed by atoms with Crippen LogP contribution in [-0.2, 0) is 32.6 Å². The van der Waals surface area contributed by atoms with Crippen LogP contribution in [0.3, 0.4) is 0 Å². The van der Waals surface area contributed by atoms with Crippen LogP contribution in [0.15, 0.2) is 61.1 Å². The summed E-state index contributed by atoms with van der Waals surface area (Å²) in [7, 11) is 0. The smallest absolute Gasteiger partial charge is 0.128 e. The number of benzene rings is 2. The molecule has 1 aliphatic heterocycles. The van der Waals surface area contributed by atoms with Crippen molar-refractivity contribution in [2.75, 3.05) is 18.9 Å². The molecule has 3 heterocycles. The first-order valence-electron chi connectivity index (χ1n) is 14.5. The Balaban J connectivity index is 1.30. The molecular weight excluding hydrogens is 526 g/mol. The number of aromatic nitrogens is 2. The van der Waals surface area contributed by atoms with Crippen molar-refractivity contribution in [1.82, 2.24) is 14.9 Å².